The molecule has 0 atom stereocenters. The van der Waals surface area contributed by atoms with Crippen LogP contribution in [0.25, 0.3) is 5.69 Å². The summed E-state index contributed by atoms with van der Waals surface area (Å²) in [6.07, 6.45) is 7.50. The van der Waals surface area contributed by atoms with Gasteiger partial charge in [0, 0.05) is 37.2 Å². The number of aromatic amines is 1. The molecule has 1 saturated heterocycles. The smallest absolute Gasteiger partial charge is 0.252 e. The SMILES string of the molecule is CCOc1cc(CN(c2nccc(=O)[nH]2)C2CCNCC2)cc(OCC)c1-n1cccc1. The van der Waals surface area contributed by atoms with Crippen molar-refractivity contribution >= 4 is 5.95 Å². The van der Waals surface area contributed by atoms with E-state index in [1.165, 1.54) is 6.07 Å². The number of ether oxygens (including phenoxy) is 2. The van der Waals surface area contributed by atoms with Crippen molar-refractivity contribution in [1.82, 2.24) is 19.9 Å². The Morgan fingerprint density at radius 3 is 2.34 bits per heavy atom. The number of piperidine rings is 1. The molecule has 1 aliphatic heterocycles. The summed E-state index contributed by atoms with van der Waals surface area (Å²) >= 11 is 0. The molecule has 0 radical (unpaired) electrons. The van der Waals surface area contributed by atoms with Crippen molar-refractivity contribution in [3.63, 3.8) is 0 Å². The van der Waals surface area contributed by atoms with E-state index in [-0.39, 0.29) is 11.6 Å². The van der Waals surface area contributed by atoms with Crippen LogP contribution in [0.5, 0.6) is 11.5 Å². The first-order valence-corrected chi connectivity index (χ1v) is 11.3. The summed E-state index contributed by atoms with van der Waals surface area (Å²) in [5, 5.41) is 3.41. The summed E-state index contributed by atoms with van der Waals surface area (Å²) in [7, 11) is 0. The molecule has 32 heavy (non-hydrogen) atoms. The molecule has 1 fully saturated rings. The van der Waals surface area contributed by atoms with Gasteiger partial charge in [0.1, 0.15) is 17.2 Å². The fourth-order valence-corrected chi connectivity index (χ4v) is 4.19. The molecule has 0 spiro atoms. The zero-order valence-corrected chi connectivity index (χ0v) is 18.7. The van der Waals surface area contributed by atoms with Gasteiger partial charge in [-0.15, -0.1) is 0 Å². The van der Waals surface area contributed by atoms with Gasteiger partial charge in [0.2, 0.25) is 5.95 Å². The number of anilines is 1. The predicted octanol–water partition coefficient (Wildman–Crippen LogP) is 3.12. The first kappa shape index (κ1) is 22.0. The summed E-state index contributed by atoms with van der Waals surface area (Å²) in [5.74, 6) is 2.13. The van der Waals surface area contributed by atoms with Crippen LogP contribution in [0.3, 0.4) is 0 Å². The van der Waals surface area contributed by atoms with Gasteiger partial charge in [0.15, 0.2) is 0 Å². The van der Waals surface area contributed by atoms with Crippen molar-refractivity contribution in [3.8, 4) is 17.2 Å². The number of H-pyrrole nitrogens is 1. The molecule has 2 N–H and O–H groups in total. The highest BCUT2D eigenvalue weighted by molar-refractivity contribution is 5.60. The summed E-state index contributed by atoms with van der Waals surface area (Å²) in [4.78, 5) is 21.6. The first-order chi connectivity index (χ1) is 15.7. The zero-order chi connectivity index (χ0) is 22.3. The largest absolute Gasteiger partial charge is 0.492 e. The van der Waals surface area contributed by atoms with E-state index in [9.17, 15) is 4.79 Å². The van der Waals surface area contributed by atoms with Crippen LogP contribution in [-0.4, -0.2) is 46.9 Å². The summed E-state index contributed by atoms with van der Waals surface area (Å²) in [6, 6.07) is 9.81. The lowest BCUT2D eigenvalue weighted by Gasteiger charge is -2.35. The van der Waals surface area contributed by atoms with Crippen LogP contribution in [0.1, 0.15) is 32.3 Å². The van der Waals surface area contributed by atoms with Crippen molar-refractivity contribution in [2.45, 2.75) is 39.3 Å². The standard InChI is InChI=1S/C24H31N5O3/c1-3-31-20-15-18(16-21(32-4-2)23(20)28-13-5-6-14-28)17-29(19-7-10-25-11-8-19)24-26-12-9-22(30)27-24/h5-6,9,12-16,19,25H,3-4,7-8,10-11,17H2,1-2H3,(H,26,27,30). The number of benzene rings is 1. The number of hydrogen-bond donors (Lipinski definition) is 2. The van der Waals surface area contributed by atoms with E-state index in [4.69, 9.17) is 9.47 Å². The maximum absolute atomic E-state index is 12.0. The van der Waals surface area contributed by atoms with Gasteiger partial charge in [-0.25, -0.2) is 4.98 Å². The average Bonchev–Trinajstić information content (AvgIpc) is 3.33. The molecule has 8 heteroatoms. The van der Waals surface area contributed by atoms with Crippen LogP contribution in [0, 0.1) is 0 Å². The Balaban J connectivity index is 1.75. The Bertz CT molecular complexity index is 1030. The van der Waals surface area contributed by atoms with Gasteiger partial charge in [-0.2, -0.15) is 0 Å². The molecule has 3 aromatic rings. The van der Waals surface area contributed by atoms with E-state index in [0.29, 0.717) is 25.7 Å². The molecule has 1 aromatic carbocycles. The minimum absolute atomic E-state index is 0.151. The molecular weight excluding hydrogens is 406 g/mol. The summed E-state index contributed by atoms with van der Waals surface area (Å²) in [6.45, 7) is 7.53. The fraction of sp³-hybridized carbons (Fsp3) is 0.417. The second kappa shape index (κ2) is 10.4. The molecule has 0 amide bonds. The van der Waals surface area contributed by atoms with Crippen LogP contribution >= 0.6 is 0 Å². The van der Waals surface area contributed by atoms with E-state index >= 15 is 0 Å². The molecule has 4 rings (SSSR count). The Morgan fingerprint density at radius 2 is 1.75 bits per heavy atom. The van der Waals surface area contributed by atoms with E-state index in [1.807, 2.05) is 42.9 Å². The highest BCUT2D eigenvalue weighted by Gasteiger charge is 2.24. The van der Waals surface area contributed by atoms with Crippen LogP contribution in [0.15, 0.2) is 53.7 Å². The maximum Gasteiger partial charge on any atom is 0.252 e. The Labute approximate surface area is 188 Å². The lowest BCUT2D eigenvalue weighted by Crippen LogP contribution is -2.44. The van der Waals surface area contributed by atoms with Crippen molar-refractivity contribution in [2.24, 2.45) is 0 Å². The molecule has 3 heterocycles. The minimum atomic E-state index is -0.151. The molecule has 0 bridgehead atoms. The molecule has 0 aliphatic carbocycles. The normalized spacial score (nSPS) is 14.3. The molecular formula is C24H31N5O3. The van der Waals surface area contributed by atoms with Gasteiger partial charge >= 0.3 is 0 Å². The van der Waals surface area contributed by atoms with Crippen LogP contribution < -0.4 is 25.2 Å². The monoisotopic (exact) mass is 437 g/mol. The summed E-state index contributed by atoms with van der Waals surface area (Å²) in [5.41, 5.74) is 1.78. The predicted molar refractivity (Wildman–Crippen MR) is 125 cm³/mol. The van der Waals surface area contributed by atoms with Gasteiger partial charge in [-0.3, -0.25) is 9.78 Å². The minimum Gasteiger partial charge on any atom is -0.492 e. The van der Waals surface area contributed by atoms with E-state index < -0.39 is 0 Å². The third-order valence-electron chi connectivity index (χ3n) is 5.59. The third-order valence-corrected chi connectivity index (χ3v) is 5.59. The molecule has 0 saturated carbocycles. The highest BCUT2D eigenvalue weighted by atomic mass is 16.5. The molecule has 8 nitrogen and oxygen atoms in total. The van der Waals surface area contributed by atoms with Crippen LogP contribution in [0.2, 0.25) is 0 Å². The highest BCUT2D eigenvalue weighted by Crippen LogP contribution is 2.36. The number of nitrogens with one attached hydrogen (secondary N) is 2. The van der Waals surface area contributed by atoms with Gasteiger partial charge in [0.25, 0.3) is 5.56 Å². The van der Waals surface area contributed by atoms with Crippen LogP contribution in [-0.2, 0) is 6.54 Å². The van der Waals surface area contributed by atoms with E-state index in [0.717, 1.165) is 48.7 Å². The van der Waals surface area contributed by atoms with Gasteiger partial charge < -0.3 is 24.3 Å². The zero-order valence-electron chi connectivity index (χ0n) is 18.7. The van der Waals surface area contributed by atoms with Gasteiger partial charge in [-0.05, 0) is 69.6 Å². The van der Waals surface area contributed by atoms with E-state index in [2.05, 4.69) is 32.3 Å². The molecule has 2 aromatic heterocycles. The quantitative estimate of drug-likeness (QED) is 0.535. The topological polar surface area (TPSA) is 84.4 Å². The Hall–Kier alpha value is -3.26. The molecule has 0 unspecified atom stereocenters. The third kappa shape index (κ3) is 4.96. The van der Waals surface area contributed by atoms with E-state index in [1.54, 1.807) is 6.20 Å². The number of hydrogen-bond acceptors (Lipinski definition) is 6. The average molecular weight is 438 g/mol. The Morgan fingerprint density at radius 1 is 1.09 bits per heavy atom. The maximum atomic E-state index is 12.0. The fourth-order valence-electron chi connectivity index (χ4n) is 4.19. The number of aromatic nitrogens is 3. The summed E-state index contributed by atoms with van der Waals surface area (Å²) < 4.78 is 14.1. The number of rotatable bonds is 9. The van der Waals surface area contributed by atoms with Gasteiger partial charge in [0.05, 0.1) is 13.2 Å². The number of nitrogens with zero attached hydrogens (tertiary/aromatic N) is 3. The van der Waals surface area contributed by atoms with Crippen molar-refractivity contribution in [2.75, 3.05) is 31.2 Å². The first-order valence-electron chi connectivity index (χ1n) is 11.3. The van der Waals surface area contributed by atoms with Crippen molar-refractivity contribution in [3.05, 3.63) is 64.8 Å². The van der Waals surface area contributed by atoms with Crippen molar-refractivity contribution < 1.29 is 9.47 Å². The van der Waals surface area contributed by atoms with Gasteiger partial charge in [-0.1, -0.05) is 0 Å². The van der Waals surface area contributed by atoms with Crippen molar-refractivity contribution in [1.29, 1.82) is 0 Å². The second-order valence-electron chi connectivity index (χ2n) is 7.76. The molecule has 1 aliphatic rings. The lowest BCUT2D eigenvalue weighted by atomic mass is 10.0. The second-order valence-corrected chi connectivity index (χ2v) is 7.76. The Kier molecular flexibility index (Phi) is 7.11. The van der Waals surface area contributed by atoms with Crippen LogP contribution in [0.4, 0.5) is 5.95 Å². The lowest BCUT2D eigenvalue weighted by molar-refractivity contribution is 0.320. The molecule has 170 valence electrons.